The second kappa shape index (κ2) is 12.1. The van der Waals surface area contributed by atoms with Crippen LogP contribution in [0.5, 0.6) is 0 Å². The number of β-lactam (4-membered cyclic amide) rings is 1. The number of aliphatic carboxylic acids is 2. The normalized spacial score (nSPS) is 19.3. The van der Waals surface area contributed by atoms with E-state index in [0.29, 0.717) is 21.4 Å². The van der Waals surface area contributed by atoms with Gasteiger partial charge in [-0.05, 0) is 11.6 Å². The van der Waals surface area contributed by atoms with Crippen LogP contribution in [0.2, 0.25) is 4.34 Å². The summed E-state index contributed by atoms with van der Waals surface area (Å²) in [7, 11) is 0. The summed E-state index contributed by atoms with van der Waals surface area (Å²) in [4.78, 5) is 58.9. The van der Waals surface area contributed by atoms with E-state index in [1.54, 1.807) is 5.51 Å². The second-order valence-corrected chi connectivity index (χ2v) is 12.1. The lowest BCUT2D eigenvalue weighted by molar-refractivity contribution is -0.150. The lowest BCUT2D eigenvalue weighted by Gasteiger charge is -2.49. The number of carbonyl (C=O) groups is 4. The van der Waals surface area contributed by atoms with Crippen LogP contribution in [0.1, 0.15) is 5.69 Å². The maximum absolute atomic E-state index is 13.1. The number of nitrogens with two attached hydrogens (primary N) is 1. The van der Waals surface area contributed by atoms with E-state index < -0.39 is 35.2 Å². The molecule has 0 aliphatic carbocycles. The van der Waals surface area contributed by atoms with E-state index in [4.69, 9.17) is 27.3 Å². The molecule has 2 aromatic rings. The molecule has 19 heteroatoms. The topological polar surface area (TPSA) is 210 Å². The molecule has 200 valence electrons. The third kappa shape index (κ3) is 6.09. The number of thiazole rings is 1. The summed E-state index contributed by atoms with van der Waals surface area (Å²) in [6.07, 6.45) is 1.99. The number of amides is 2. The van der Waals surface area contributed by atoms with Gasteiger partial charge in [-0.15, -0.1) is 22.0 Å². The molecule has 1 saturated heterocycles. The SMILES string of the molecule is Nc1nc(C(=NOCC=CC(=O)O)C(=O)NC2C(=O)N3C(C(=O)O)=C(CSc4nncs4)CS[C@H]23)c(Cl)s1. The molecule has 0 radical (unpaired) electrons. The van der Waals surface area contributed by atoms with E-state index in [2.05, 4.69) is 25.7 Å². The predicted molar refractivity (Wildman–Crippen MR) is 141 cm³/mol. The van der Waals surface area contributed by atoms with Crippen LogP contribution in [0.25, 0.3) is 0 Å². The average molecular weight is 618 g/mol. The van der Waals surface area contributed by atoms with E-state index in [1.165, 1.54) is 34.9 Å². The summed E-state index contributed by atoms with van der Waals surface area (Å²) in [5.74, 6) is -3.29. The molecular weight excluding hydrogens is 602 g/mol. The fraction of sp³-hybridized carbons (Fsp3) is 0.263. The van der Waals surface area contributed by atoms with Crippen LogP contribution in [0, 0.1) is 0 Å². The van der Waals surface area contributed by atoms with Crippen molar-refractivity contribution in [3.8, 4) is 0 Å². The molecule has 4 rings (SSSR count). The zero-order chi connectivity index (χ0) is 27.4. The highest BCUT2D eigenvalue weighted by atomic mass is 35.5. The van der Waals surface area contributed by atoms with Crippen LogP contribution in [0.3, 0.4) is 0 Å². The Labute approximate surface area is 235 Å². The van der Waals surface area contributed by atoms with E-state index in [0.717, 1.165) is 28.4 Å². The summed E-state index contributed by atoms with van der Waals surface area (Å²) in [5, 5.41) is 31.8. The fourth-order valence-corrected chi connectivity index (χ4v) is 7.23. The number of nitrogens with one attached hydrogen (secondary N) is 1. The molecule has 2 atom stereocenters. The van der Waals surface area contributed by atoms with E-state index in [9.17, 15) is 24.3 Å². The third-order valence-corrected chi connectivity index (χ3v) is 9.24. The molecule has 2 aliphatic rings. The Kier molecular flexibility index (Phi) is 8.87. The van der Waals surface area contributed by atoms with Crippen LogP contribution < -0.4 is 11.1 Å². The smallest absolute Gasteiger partial charge is 0.352 e. The standard InChI is InChI=1S/C19H16ClN7O7S4/c20-13-9(24-18(21)38-13)10(26-34-3-1-2-8(28)29)14(30)23-11-15(31)27-12(17(32)33)7(4-35-16(11)27)5-36-19-25-22-6-37-19/h1-2,6,11,16H,3-5H2,(H2,21,24)(H,23,30)(H,28,29)(H,32,33)/t11?,16-/m1/s1. The highest BCUT2D eigenvalue weighted by Crippen LogP contribution is 2.41. The Morgan fingerprint density at radius 2 is 2.18 bits per heavy atom. The van der Waals surface area contributed by atoms with Crippen LogP contribution >= 0.6 is 57.8 Å². The minimum absolute atomic E-state index is 0.0448. The summed E-state index contributed by atoms with van der Waals surface area (Å²) in [6.45, 7) is -0.278. The second-order valence-electron chi connectivity index (χ2n) is 7.26. The minimum atomic E-state index is -1.25. The molecule has 4 heterocycles. The molecule has 1 unspecified atom stereocenters. The average Bonchev–Trinajstić information content (AvgIpc) is 3.51. The number of fused-ring (bicyclic) bond motifs is 1. The molecule has 0 saturated carbocycles. The largest absolute Gasteiger partial charge is 0.478 e. The van der Waals surface area contributed by atoms with Crippen molar-refractivity contribution in [2.75, 3.05) is 23.8 Å². The van der Waals surface area contributed by atoms with Crippen LogP contribution in [-0.4, -0.2) is 89.3 Å². The van der Waals surface area contributed by atoms with Gasteiger partial charge in [0, 0.05) is 17.6 Å². The first-order chi connectivity index (χ1) is 18.2. The van der Waals surface area contributed by atoms with Crippen molar-refractivity contribution < 1.29 is 34.2 Å². The minimum Gasteiger partial charge on any atom is -0.478 e. The van der Waals surface area contributed by atoms with Crippen molar-refractivity contribution in [1.82, 2.24) is 25.4 Å². The molecule has 2 aromatic heterocycles. The van der Waals surface area contributed by atoms with Gasteiger partial charge in [-0.3, -0.25) is 14.5 Å². The Bertz CT molecular complexity index is 1360. The lowest BCUT2D eigenvalue weighted by Crippen LogP contribution is -2.71. The van der Waals surface area contributed by atoms with Gasteiger partial charge >= 0.3 is 11.9 Å². The van der Waals surface area contributed by atoms with E-state index >= 15 is 0 Å². The number of carboxylic acid groups (broad SMARTS) is 2. The first kappa shape index (κ1) is 27.8. The van der Waals surface area contributed by atoms with Gasteiger partial charge in [-0.2, -0.15) is 0 Å². The van der Waals surface area contributed by atoms with Gasteiger partial charge < -0.3 is 26.1 Å². The van der Waals surface area contributed by atoms with Gasteiger partial charge in [0.2, 0.25) is 0 Å². The number of oxime groups is 1. The molecule has 5 N–H and O–H groups in total. The van der Waals surface area contributed by atoms with E-state index in [1.807, 2.05) is 0 Å². The van der Waals surface area contributed by atoms with E-state index in [-0.39, 0.29) is 33.2 Å². The highest BCUT2D eigenvalue weighted by Gasteiger charge is 2.54. The van der Waals surface area contributed by atoms with Gasteiger partial charge in [0.15, 0.2) is 15.2 Å². The number of rotatable bonds is 11. The molecule has 2 amide bonds. The molecule has 1 fully saturated rings. The summed E-state index contributed by atoms with van der Waals surface area (Å²) in [5.41, 5.74) is 7.19. The fourth-order valence-electron chi connectivity index (χ4n) is 3.33. The zero-order valence-electron chi connectivity index (χ0n) is 18.8. The number of anilines is 1. The Morgan fingerprint density at radius 3 is 2.82 bits per heavy atom. The van der Waals surface area contributed by atoms with Gasteiger partial charge in [-0.1, -0.05) is 51.2 Å². The van der Waals surface area contributed by atoms with Crippen molar-refractivity contribution >= 4 is 92.4 Å². The summed E-state index contributed by atoms with van der Waals surface area (Å²) >= 11 is 11.0. The lowest BCUT2D eigenvalue weighted by atomic mass is 10.0. The van der Waals surface area contributed by atoms with Crippen LogP contribution in [0.15, 0.2) is 38.4 Å². The zero-order valence-corrected chi connectivity index (χ0v) is 22.8. The molecule has 0 bridgehead atoms. The molecule has 38 heavy (non-hydrogen) atoms. The van der Waals surface area contributed by atoms with Crippen molar-refractivity contribution in [2.45, 2.75) is 15.8 Å². The summed E-state index contributed by atoms with van der Waals surface area (Å²) in [6, 6.07) is -1.05. The first-order valence-corrected chi connectivity index (χ1v) is 14.4. The van der Waals surface area contributed by atoms with Gasteiger partial charge in [-0.25, -0.2) is 14.6 Å². The Hall–Kier alpha value is -3.19. The number of hydrogen-bond donors (Lipinski definition) is 4. The van der Waals surface area contributed by atoms with Crippen molar-refractivity contribution in [1.29, 1.82) is 0 Å². The molecule has 0 aromatic carbocycles. The number of aromatic nitrogens is 3. The van der Waals surface area contributed by atoms with Gasteiger partial charge in [0.1, 0.15) is 39.3 Å². The predicted octanol–water partition coefficient (Wildman–Crippen LogP) is 1.12. The third-order valence-electron chi connectivity index (χ3n) is 4.88. The van der Waals surface area contributed by atoms with Gasteiger partial charge in [0.25, 0.3) is 11.8 Å². The Balaban J connectivity index is 1.50. The summed E-state index contributed by atoms with van der Waals surface area (Å²) < 4.78 is 0.714. The first-order valence-electron chi connectivity index (χ1n) is 10.3. The maximum Gasteiger partial charge on any atom is 0.352 e. The molecular formula is C19H16ClN7O7S4. The molecule has 14 nitrogen and oxygen atoms in total. The van der Waals surface area contributed by atoms with Crippen molar-refractivity contribution in [3.05, 3.63) is 39.0 Å². The number of nitrogen functional groups attached to an aromatic ring is 1. The number of carbonyl (C=O) groups excluding carboxylic acids is 2. The number of hydrogen-bond acceptors (Lipinski definition) is 14. The van der Waals surface area contributed by atoms with Crippen molar-refractivity contribution in [2.24, 2.45) is 5.16 Å². The number of carboxylic acids is 2. The molecule has 0 spiro atoms. The number of nitrogens with zero attached hydrogens (tertiary/aromatic N) is 5. The van der Waals surface area contributed by atoms with Gasteiger partial charge in [0.05, 0.1) is 0 Å². The Morgan fingerprint density at radius 1 is 1.39 bits per heavy atom. The number of halogens is 1. The monoisotopic (exact) mass is 617 g/mol. The maximum atomic E-state index is 13.1. The van der Waals surface area contributed by atoms with Crippen LogP contribution in [0.4, 0.5) is 5.13 Å². The quantitative estimate of drug-likeness (QED) is 0.0696. The molecule has 2 aliphatic heterocycles. The highest BCUT2D eigenvalue weighted by molar-refractivity contribution is 8.01. The van der Waals surface area contributed by atoms with Crippen LogP contribution in [-0.2, 0) is 24.0 Å². The number of thioether (sulfide) groups is 2. The van der Waals surface area contributed by atoms with Crippen molar-refractivity contribution in [3.63, 3.8) is 0 Å².